The molecule has 3 aliphatic rings. The lowest BCUT2D eigenvalue weighted by atomic mass is 9.71. The first-order valence-electron chi connectivity index (χ1n) is 14.4. The van der Waals surface area contributed by atoms with Gasteiger partial charge in [-0.15, -0.1) is 0 Å². The maximum Gasteiger partial charge on any atom is 0.482 e. The Kier molecular flexibility index (Phi) is 8.30. The van der Waals surface area contributed by atoms with Gasteiger partial charge in [0.1, 0.15) is 0 Å². The van der Waals surface area contributed by atoms with Crippen LogP contribution in [0.15, 0.2) is 83.4 Å². The molecule has 2 aromatic carbocycles. The molecule has 0 bridgehead atoms. The Labute approximate surface area is 243 Å². The summed E-state index contributed by atoms with van der Waals surface area (Å²) in [6, 6.07) is 16.1. The quantitative estimate of drug-likeness (QED) is 0.210. The van der Waals surface area contributed by atoms with Gasteiger partial charge in [0.15, 0.2) is 0 Å². The van der Waals surface area contributed by atoms with Crippen LogP contribution in [0.4, 0.5) is 18.9 Å². The average Bonchev–Trinajstić information content (AvgIpc) is 3.58. The number of carbonyl (C=O) groups excluding carboxylic acids is 1. The van der Waals surface area contributed by atoms with Crippen LogP contribution in [0.1, 0.15) is 63.0 Å². The van der Waals surface area contributed by atoms with Gasteiger partial charge in [0.05, 0.1) is 6.04 Å². The Morgan fingerprint density at radius 3 is 2.50 bits per heavy atom. The van der Waals surface area contributed by atoms with Crippen LogP contribution < -0.4 is 10.6 Å². The molecule has 42 heavy (non-hydrogen) atoms. The summed E-state index contributed by atoms with van der Waals surface area (Å²) in [7, 11) is 0. The average molecular weight is 580 g/mol. The summed E-state index contributed by atoms with van der Waals surface area (Å²) in [6.07, 6.45) is 5.92. The number of nitrogens with one attached hydrogen (secondary N) is 2. The number of aliphatic carboxylic acids is 1. The third-order valence-electron chi connectivity index (χ3n) is 8.97. The minimum absolute atomic E-state index is 0.0591. The third kappa shape index (κ3) is 6.15. The number of carboxylic acid groups (broad SMARTS) is 1. The van der Waals surface area contributed by atoms with Crippen molar-refractivity contribution < 1.29 is 27.9 Å². The van der Waals surface area contributed by atoms with Crippen LogP contribution in [0.5, 0.6) is 0 Å². The lowest BCUT2D eigenvalue weighted by Gasteiger charge is -2.37. The van der Waals surface area contributed by atoms with Crippen LogP contribution in [0.3, 0.4) is 0 Å². The van der Waals surface area contributed by atoms with E-state index in [0.717, 1.165) is 18.6 Å². The molecule has 4 unspecified atom stereocenters. The lowest BCUT2D eigenvalue weighted by molar-refractivity contribution is -0.137. The van der Waals surface area contributed by atoms with Crippen molar-refractivity contribution in [2.75, 3.05) is 5.32 Å². The first-order valence-corrected chi connectivity index (χ1v) is 14.4. The Morgan fingerprint density at radius 2 is 1.81 bits per heavy atom. The summed E-state index contributed by atoms with van der Waals surface area (Å²) in [5.41, 5.74) is 3.82. The van der Waals surface area contributed by atoms with Crippen molar-refractivity contribution in [1.29, 1.82) is 0 Å². The van der Waals surface area contributed by atoms with Gasteiger partial charge in [0.2, 0.25) is 5.91 Å². The molecule has 0 spiro atoms. The Balaban J connectivity index is 1.33. The molecule has 5 rings (SSSR count). The van der Waals surface area contributed by atoms with Gasteiger partial charge in [0.25, 0.3) is 0 Å². The number of halogens is 3. The molecule has 1 amide bonds. The molecule has 2 aromatic rings. The maximum absolute atomic E-state index is 13.3. The minimum atomic E-state index is -4.51. The number of hydrogen-bond donors (Lipinski definition) is 3. The molecule has 3 N–H and O–H groups in total. The molecule has 6 nitrogen and oxygen atoms in total. The van der Waals surface area contributed by atoms with Crippen molar-refractivity contribution in [1.82, 2.24) is 5.32 Å². The van der Waals surface area contributed by atoms with Gasteiger partial charge in [-0.05, 0) is 67.4 Å². The molecule has 9 heteroatoms. The van der Waals surface area contributed by atoms with Gasteiger partial charge < -0.3 is 10.4 Å². The van der Waals surface area contributed by atoms with Crippen LogP contribution in [0.2, 0.25) is 0 Å². The van der Waals surface area contributed by atoms with Gasteiger partial charge in [-0.2, -0.15) is 13.2 Å². The van der Waals surface area contributed by atoms with Gasteiger partial charge in [-0.1, -0.05) is 67.6 Å². The van der Waals surface area contributed by atoms with Crippen molar-refractivity contribution in [3.8, 4) is 0 Å². The molecule has 0 radical (unpaired) electrons. The topological polar surface area (TPSA) is 90.8 Å². The van der Waals surface area contributed by atoms with Gasteiger partial charge in [-0.25, -0.2) is 0 Å². The number of allylic oxidation sites excluding steroid dienone is 3. The standard InChI is InChI=1S/C33H36F3N3O3/c1-31-21-32(31,24-10-3-2-4-11-24)28(13-7-8-14-29(40)41)38-27-19-23(9-5-6-12-26(27)31)30(42)37-20-22-15-17-25(18-16-22)39-33(34,35)36/h2-6,10-12,15-18,23,27,39H,7-9,13-14,19-21H2,1H3,(H,37,42)(H,40,41). The number of rotatable bonds is 10. The van der Waals surface area contributed by atoms with E-state index in [-0.39, 0.29) is 47.3 Å². The summed E-state index contributed by atoms with van der Waals surface area (Å²) >= 11 is 0. The van der Waals surface area contributed by atoms with E-state index in [1.165, 1.54) is 28.6 Å². The van der Waals surface area contributed by atoms with Crippen LogP contribution >= 0.6 is 0 Å². The summed E-state index contributed by atoms with van der Waals surface area (Å²) in [6.45, 7) is 2.50. The molecule has 4 atom stereocenters. The summed E-state index contributed by atoms with van der Waals surface area (Å²) in [4.78, 5) is 29.8. The first-order chi connectivity index (χ1) is 20.0. The highest BCUT2D eigenvalue weighted by Crippen LogP contribution is 2.72. The van der Waals surface area contributed by atoms with Gasteiger partial charge >= 0.3 is 12.3 Å². The van der Waals surface area contributed by atoms with E-state index in [0.29, 0.717) is 31.2 Å². The molecule has 1 saturated carbocycles. The largest absolute Gasteiger partial charge is 0.482 e. The van der Waals surface area contributed by atoms with E-state index in [1.807, 2.05) is 30.4 Å². The number of carboxylic acids is 1. The van der Waals surface area contributed by atoms with E-state index in [4.69, 9.17) is 10.1 Å². The SMILES string of the molecule is CC12CC1(c1ccccc1)C(CCCCC(=O)O)=NC1CC(C(=O)NCc3ccc(NC(F)(F)F)cc3)CC=CC=C12. The molecule has 2 aliphatic carbocycles. The third-order valence-corrected chi connectivity index (χ3v) is 8.97. The number of carbonyl (C=O) groups is 2. The zero-order valence-corrected chi connectivity index (χ0v) is 23.6. The zero-order chi connectivity index (χ0) is 30.0. The summed E-state index contributed by atoms with van der Waals surface area (Å²) in [5, 5.41) is 13.6. The molecule has 0 aromatic heterocycles. The molecule has 1 fully saturated rings. The van der Waals surface area contributed by atoms with E-state index >= 15 is 0 Å². The van der Waals surface area contributed by atoms with Crippen molar-refractivity contribution in [3.05, 3.63) is 89.5 Å². The number of fused-ring (bicyclic) bond motifs is 3. The Morgan fingerprint density at radius 1 is 1.07 bits per heavy atom. The lowest BCUT2D eigenvalue weighted by Crippen LogP contribution is -2.39. The number of benzene rings is 2. The Hall–Kier alpha value is -3.88. The monoisotopic (exact) mass is 579 g/mol. The highest BCUT2D eigenvalue weighted by molar-refractivity contribution is 6.02. The molecule has 222 valence electrons. The fourth-order valence-corrected chi connectivity index (χ4v) is 6.82. The summed E-state index contributed by atoms with van der Waals surface area (Å²) in [5.74, 6) is -1.23. The normalized spacial score (nSPS) is 26.5. The molecule has 0 saturated heterocycles. The second-order valence-corrected chi connectivity index (χ2v) is 11.7. The molecule has 1 aliphatic heterocycles. The number of anilines is 1. The van der Waals surface area contributed by atoms with Crippen LogP contribution in [0, 0.1) is 11.3 Å². The second kappa shape index (κ2) is 11.8. The number of hydrogen-bond acceptors (Lipinski definition) is 4. The smallest absolute Gasteiger partial charge is 0.481 e. The number of alkyl halides is 3. The molecule has 1 heterocycles. The van der Waals surface area contributed by atoms with Crippen LogP contribution in [-0.4, -0.2) is 35.0 Å². The highest BCUT2D eigenvalue weighted by atomic mass is 19.4. The predicted octanol–water partition coefficient (Wildman–Crippen LogP) is 6.94. The van der Waals surface area contributed by atoms with E-state index in [2.05, 4.69) is 30.4 Å². The fraction of sp³-hybridized carbons (Fsp3) is 0.424. The number of unbranched alkanes of at least 4 members (excludes halogenated alkanes) is 1. The van der Waals surface area contributed by atoms with Crippen molar-refractivity contribution in [2.24, 2.45) is 16.3 Å². The van der Waals surface area contributed by atoms with Gasteiger partial charge in [-0.3, -0.25) is 19.9 Å². The highest BCUT2D eigenvalue weighted by Gasteiger charge is 2.71. The fourth-order valence-electron chi connectivity index (χ4n) is 6.82. The Bertz CT molecular complexity index is 1400. The van der Waals surface area contributed by atoms with E-state index in [9.17, 15) is 22.8 Å². The van der Waals surface area contributed by atoms with Gasteiger partial charge in [0, 0.05) is 41.1 Å². The predicted molar refractivity (Wildman–Crippen MR) is 156 cm³/mol. The molecular formula is C33H36F3N3O3. The minimum Gasteiger partial charge on any atom is -0.481 e. The van der Waals surface area contributed by atoms with Crippen LogP contribution in [-0.2, 0) is 21.5 Å². The number of amides is 1. The second-order valence-electron chi connectivity index (χ2n) is 11.7. The molecular weight excluding hydrogens is 543 g/mol. The van der Waals surface area contributed by atoms with E-state index < -0.39 is 12.3 Å². The summed E-state index contributed by atoms with van der Waals surface area (Å²) < 4.78 is 37.7. The first kappa shape index (κ1) is 29.6. The van der Waals surface area contributed by atoms with Crippen molar-refractivity contribution in [2.45, 2.75) is 76.2 Å². The van der Waals surface area contributed by atoms with E-state index in [1.54, 1.807) is 12.1 Å². The van der Waals surface area contributed by atoms with Crippen molar-refractivity contribution >= 4 is 23.3 Å². The van der Waals surface area contributed by atoms with Crippen LogP contribution in [0.25, 0.3) is 0 Å². The zero-order valence-electron chi connectivity index (χ0n) is 23.6. The number of aliphatic imine (C=N–C) groups is 1. The van der Waals surface area contributed by atoms with Crippen molar-refractivity contribution in [3.63, 3.8) is 0 Å². The maximum atomic E-state index is 13.3. The number of nitrogens with zero attached hydrogens (tertiary/aromatic N) is 1.